The largest absolute Gasteiger partial charge is 0.246 e. The number of nitrogens with zero attached hydrogens (tertiary/aromatic N) is 1. The van der Waals surface area contributed by atoms with E-state index in [2.05, 4.69) is 6.92 Å². The van der Waals surface area contributed by atoms with Gasteiger partial charge in [0.1, 0.15) is 6.17 Å². The molecule has 0 radical (unpaired) electrons. The fourth-order valence-corrected chi connectivity index (χ4v) is 1.48. The van der Waals surface area contributed by atoms with Crippen LogP contribution in [0.15, 0.2) is 0 Å². The predicted octanol–water partition coefficient (Wildman–Crippen LogP) is 2.28. The summed E-state index contributed by atoms with van der Waals surface area (Å²) in [6.07, 6.45) is 1.41. The Hall–Kier alpha value is -0.580. The number of hydrogen-bond acceptors (Lipinski definition) is 1. The Balaban J connectivity index is 2.47. The van der Waals surface area contributed by atoms with Gasteiger partial charge in [-0.15, -0.1) is 0 Å². The van der Waals surface area contributed by atoms with Gasteiger partial charge in [-0.05, 0) is 25.2 Å². The van der Waals surface area contributed by atoms with Gasteiger partial charge in [-0.25, -0.2) is 4.39 Å². The highest BCUT2D eigenvalue weighted by Crippen LogP contribution is 2.30. The van der Waals surface area contributed by atoms with Crippen LogP contribution in [0, 0.1) is 23.2 Å². The molecule has 0 aliphatic heterocycles. The molecule has 2 heteroatoms. The van der Waals surface area contributed by atoms with Gasteiger partial charge < -0.3 is 0 Å². The van der Waals surface area contributed by atoms with Crippen molar-refractivity contribution in [1.82, 2.24) is 0 Å². The number of rotatable bonds is 0. The highest BCUT2D eigenvalue weighted by atomic mass is 19.1. The van der Waals surface area contributed by atoms with Crippen molar-refractivity contribution < 1.29 is 4.39 Å². The van der Waals surface area contributed by atoms with Crippen molar-refractivity contribution in [3.05, 3.63) is 0 Å². The van der Waals surface area contributed by atoms with Crippen LogP contribution < -0.4 is 0 Å². The molecule has 0 saturated heterocycles. The van der Waals surface area contributed by atoms with Gasteiger partial charge in [0.2, 0.25) is 0 Å². The summed E-state index contributed by atoms with van der Waals surface area (Å²) in [5, 5.41) is 8.49. The first-order valence-electron chi connectivity index (χ1n) is 3.77. The minimum absolute atomic E-state index is 0.330. The number of nitriles is 1. The molecule has 0 amide bonds. The Morgan fingerprint density at radius 1 is 1.50 bits per heavy atom. The molecule has 0 aromatic rings. The van der Waals surface area contributed by atoms with E-state index in [4.69, 9.17) is 5.26 Å². The lowest BCUT2D eigenvalue weighted by atomic mass is 9.82. The van der Waals surface area contributed by atoms with E-state index in [9.17, 15) is 4.39 Å². The maximum Gasteiger partial charge on any atom is 0.116 e. The summed E-state index contributed by atoms with van der Waals surface area (Å²) in [6.45, 7) is 2.08. The normalized spacial score (nSPS) is 40.7. The van der Waals surface area contributed by atoms with Crippen LogP contribution in [0.5, 0.6) is 0 Å². The quantitative estimate of drug-likeness (QED) is 0.507. The first-order valence-corrected chi connectivity index (χ1v) is 3.77. The second-order valence-electron chi connectivity index (χ2n) is 3.17. The molecule has 0 N–H and O–H groups in total. The Morgan fingerprint density at radius 3 is 2.70 bits per heavy atom. The van der Waals surface area contributed by atoms with Crippen molar-refractivity contribution in [2.24, 2.45) is 11.8 Å². The van der Waals surface area contributed by atoms with E-state index in [0.717, 1.165) is 12.8 Å². The number of halogens is 1. The second-order valence-corrected chi connectivity index (χ2v) is 3.17. The maximum absolute atomic E-state index is 12.8. The minimum Gasteiger partial charge on any atom is -0.246 e. The van der Waals surface area contributed by atoms with E-state index >= 15 is 0 Å². The van der Waals surface area contributed by atoms with Crippen LogP contribution in [0.2, 0.25) is 0 Å². The highest BCUT2D eigenvalue weighted by molar-refractivity contribution is 4.92. The average Bonchev–Trinajstić information content (AvgIpc) is 1.94. The lowest BCUT2D eigenvalue weighted by Gasteiger charge is -2.24. The molecule has 1 rings (SSSR count). The van der Waals surface area contributed by atoms with Gasteiger partial charge in [-0.1, -0.05) is 6.92 Å². The molecule has 56 valence electrons. The molecule has 3 atom stereocenters. The monoisotopic (exact) mass is 141 g/mol. The van der Waals surface area contributed by atoms with E-state index < -0.39 is 6.17 Å². The van der Waals surface area contributed by atoms with Gasteiger partial charge in [0, 0.05) is 0 Å². The van der Waals surface area contributed by atoms with Crippen molar-refractivity contribution in [2.45, 2.75) is 32.4 Å². The third-order valence-electron chi connectivity index (χ3n) is 2.19. The van der Waals surface area contributed by atoms with Gasteiger partial charge in [-0.3, -0.25) is 0 Å². The molecule has 1 saturated carbocycles. The Morgan fingerprint density at radius 2 is 2.20 bits per heavy atom. The minimum atomic E-state index is -0.860. The lowest BCUT2D eigenvalue weighted by Crippen LogP contribution is -2.23. The van der Waals surface area contributed by atoms with Gasteiger partial charge in [0.25, 0.3) is 0 Å². The molecule has 0 spiro atoms. The highest BCUT2D eigenvalue weighted by Gasteiger charge is 2.27. The average molecular weight is 141 g/mol. The number of alkyl halides is 1. The third kappa shape index (κ3) is 1.47. The van der Waals surface area contributed by atoms with Crippen LogP contribution >= 0.6 is 0 Å². The topological polar surface area (TPSA) is 23.8 Å². The van der Waals surface area contributed by atoms with Crippen LogP contribution in [0.25, 0.3) is 0 Å². The van der Waals surface area contributed by atoms with E-state index in [-0.39, 0.29) is 5.92 Å². The van der Waals surface area contributed by atoms with Crippen LogP contribution in [0.4, 0.5) is 4.39 Å². The molecule has 1 aliphatic carbocycles. The van der Waals surface area contributed by atoms with E-state index in [1.807, 2.05) is 6.07 Å². The van der Waals surface area contributed by atoms with Gasteiger partial charge >= 0.3 is 0 Å². The summed E-state index contributed by atoms with van der Waals surface area (Å²) in [5.41, 5.74) is 0. The Kier molecular flexibility index (Phi) is 2.26. The molecule has 0 heterocycles. The zero-order chi connectivity index (χ0) is 7.56. The van der Waals surface area contributed by atoms with Crippen LogP contribution in [-0.4, -0.2) is 6.17 Å². The number of hydrogen-bond donors (Lipinski definition) is 0. The van der Waals surface area contributed by atoms with Gasteiger partial charge in [-0.2, -0.15) is 5.26 Å². The molecule has 1 fully saturated rings. The fourth-order valence-electron chi connectivity index (χ4n) is 1.48. The Bertz CT molecular complexity index is 150. The molecular weight excluding hydrogens is 129 g/mol. The third-order valence-corrected chi connectivity index (χ3v) is 2.19. The van der Waals surface area contributed by atoms with E-state index in [1.54, 1.807) is 0 Å². The van der Waals surface area contributed by atoms with Crippen LogP contribution in [0.1, 0.15) is 26.2 Å². The molecule has 3 unspecified atom stereocenters. The van der Waals surface area contributed by atoms with Crippen LogP contribution in [-0.2, 0) is 0 Å². The lowest BCUT2D eigenvalue weighted by molar-refractivity contribution is 0.170. The maximum atomic E-state index is 12.8. The van der Waals surface area contributed by atoms with Gasteiger partial charge in [0.05, 0.1) is 12.0 Å². The zero-order valence-corrected chi connectivity index (χ0v) is 6.18. The zero-order valence-electron chi connectivity index (χ0n) is 6.18. The van der Waals surface area contributed by atoms with Crippen molar-refractivity contribution in [2.75, 3.05) is 0 Å². The summed E-state index contributed by atoms with van der Waals surface area (Å²) < 4.78 is 12.8. The molecule has 1 nitrogen and oxygen atoms in total. The SMILES string of the molecule is CC1CCC(F)C(C#N)C1. The summed E-state index contributed by atoms with van der Waals surface area (Å²) in [5.74, 6) is 0.209. The van der Waals surface area contributed by atoms with Crippen molar-refractivity contribution in [3.63, 3.8) is 0 Å². The summed E-state index contributed by atoms with van der Waals surface area (Å²) in [7, 11) is 0. The molecule has 0 bridgehead atoms. The Labute approximate surface area is 60.8 Å². The fraction of sp³-hybridized carbons (Fsp3) is 0.875. The van der Waals surface area contributed by atoms with E-state index in [1.165, 1.54) is 0 Å². The summed E-state index contributed by atoms with van der Waals surface area (Å²) >= 11 is 0. The smallest absolute Gasteiger partial charge is 0.116 e. The summed E-state index contributed by atoms with van der Waals surface area (Å²) in [6, 6.07) is 2.01. The predicted molar refractivity (Wildman–Crippen MR) is 37.0 cm³/mol. The van der Waals surface area contributed by atoms with Crippen molar-refractivity contribution in [1.29, 1.82) is 5.26 Å². The first kappa shape index (κ1) is 7.53. The summed E-state index contributed by atoms with van der Waals surface area (Å²) in [4.78, 5) is 0. The molecule has 1 aliphatic rings. The first-order chi connectivity index (χ1) is 4.74. The van der Waals surface area contributed by atoms with E-state index in [0.29, 0.717) is 12.3 Å². The standard InChI is InChI=1S/C8H12FN/c1-6-2-3-8(9)7(4-6)5-10/h6-8H,2-4H2,1H3. The molecular formula is C8H12FN. The van der Waals surface area contributed by atoms with Crippen molar-refractivity contribution >= 4 is 0 Å². The van der Waals surface area contributed by atoms with Crippen LogP contribution in [0.3, 0.4) is 0 Å². The molecule has 0 aromatic heterocycles. The molecule has 10 heavy (non-hydrogen) atoms. The second kappa shape index (κ2) is 3.01. The van der Waals surface area contributed by atoms with Crippen molar-refractivity contribution in [3.8, 4) is 6.07 Å². The van der Waals surface area contributed by atoms with Gasteiger partial charge in [0.15, 0.2) is 0 Å². The molecule has 0 aromatic carbocycles.